The number of rotatable bonds is 6. The lowest BCUT2D eigenvalue weighted by Gasteiger charge is -2.34. The third kappa shape index (κ3) is 4.69. The monoisotopic (exact) mass is 363 g/mol. The normalized spacial score (nSPS) is 18.9. The van der Waals surface area contributed by atoms with Gasteiger partial charge in [0.2, 0.25) is 0 Å². The van der Waals surface area contributed by atoms with Gasteiger partial charge < -0.3 is 15.5 Å². The van der Waals surface area contributed by atoms with Crippen molar-refractivity contribution in [1.82, 2.24) is 10.6 Å². The number of carbonyl (C=O) groups excluding carboxylic acids is 1. The van der Waals surface area contributed by atoms with E-state index >= 15 is 0 Å². The van der Waals surface area contributed by atoms with Gasteiger partial charge in [-0.25, -0.2) is 0 Å². The maximum Gasteiger partial charge on any atom is 0.251 e. The molecular formula is C23H29N3O. The molecule has 1 amide bonds. The van der Waals surface area contributed by atoms with Crippen LogP contribution in [0.25, 0.3) is 0 Å². The van der Waals surface area contributed by atoms with Gasteiger partial charge in [-0.3, -0.25) is 4.79 Å². The van der Waals surface area contributed by atoms with Gasteiger partial charge in [-0.15, -0.1) is 0 Å². The molecule has 142 valence electrons. The predicted octanol–water partition coefficient (Wildman–Crippen LogP) is 3.90. The standard InChI is InChI=1S/C23H29N3O/c1-17(18-5-3-2-4-6-18)24-23(27)19-7-11-22(12-8-19)26-15-13-21(14-16-26)25-20-9-10-20/h2-8,11-12,17,20-21,25H,9-10,13-16H2,1H3,(H,24,27). The van der Waals surface area contributed by atoms with Gasteiger partial charge in [-0.2, -0.15) is 0 Å². The van der Waals surface area contributed by atoms with Crippen molar-refractivity contribution >= 4 is 11.6 Å². The van der Waals surface area contributed by atoms with Crippen molar-refractivity contribution in [3.8, 4) is 0 Å². The molecule has 1 heterocycles. The molecule has 1 unspecified atom stereocenters. The number of nitrogens with zero attached hydrogens (tertiary/aromatic N) is 1. The molecule has 0 radical (unpaired) electrons. The minimum absolute atomic E-state index is 0.00336. The zero-order chi connectivity index (χ0) is 18.6. The molecule has 4 heteroatoms. The molecule has 0 aromatic heterocycles. The molecule has 27 heavy (non-hydrogen) atoms. The molecular weight excluding hydrogens is 334 g/mol. The first kappa shape index (κ1) is 18.1. The summed E-state index contributed by atoms with van der Waals surface area (Å²) in [6.45, 7) is 4.18. The highest BCUT2D eigenvalue weighted by Crippen LogP contribution is 2.25. The van der Waals surface area contributed by atoms with Crippen molar-refractivity contribution in [1.29, 1.82) is 0 Å². The lowest BCUT2D eigenvalue weighted by atomic mass is 10.0. The first-order valence-electron chi connectivity index (χ1n) is 10.2. The second-order valence-electron chi connectivity index (χ2n) is 7.85. The molecule has 2 fully saturated rings. The van der Waals surface area contributed by atoms with Gasteiger partial charge in [0.1, 0.15) is 0 Å². The Kier molecular flexibility index (Phi) is 5.44. The lowest BCUT2D eigenvalue weighted by Crippen LogP contribution is -2.43. The molecule has 2 aromatic rings. The summed E-state index contributed by atoms with van der Waals surface area (Å²) in [4.78, 5) is 15.0. The number of carbonyl (C=O) groups is 1. The molecule has 1 atom stereocenters. The Hall–Kier alpha value is -2.33. The molecule has 1 aliphatic carbocycles. The van der Waals surface area contributed by atoms with Crippen LogP contribution in [0, 0.1) is 0 Å². The van der Waals surface area contributed by atoms with E-state index < -0.39 is 0 Å². The fraction of sp³-hybridized carbons (Fsp3) is 0.435. The topological polar surface area (TPSA) is 44.4 Å². The minimum Gasteiger partial charge on any atom is -0.371 e. The van der Waals surface area contributed by atoms with Crippen LogP contribution in [0.2, 0.25) is 0 Å². The number of piperidine rings is 1. The van der Waals surface area contributed by atoms with E-state index in [0.717, 1.165) is 24.7 Å². The molecule has 2 aliphatic rings. The van der Waals surface area contributed by atoms with Crippen LogP contribution in [-0.2, 0) is 0 Å². The lowest BCUT2D eigenvalue weighted by molar-refractivity contribution is 0.0940. The summed E-state index contributed by atoms with van der Waals surface area (Å²) < 4.78 is 0. The number of hydrogen-bond donors (Lipinski definition) is 2. The second kappa shape index (κ2) is 8.13. The summed E-state index contributed by atoms with van der Waals surface area (Å²) in [5.41, 5.74) is 3.05. The van der Waals surface area contributed by atoms with Crippen molar-refractivity contribution in [2.45, 2.75) is 50.7 Å². The summed E-state index contributed by atoms with van der Waals surface area (Å²) in [5, 5.41) is 6.82. The summed E-state index contributed by atoms with van der Waals surface area (Å²) in [6.07, 6.45) is 5.11. The summed E-state index contributed by atoms with van der Waals surface area (Å²) in [7, 11) is 0. The maximum absolute atomic E-state index is 12.5. The van der Waals surface area contributed by atoms with Crippen LogP contribution >= 0.6 is 0 Å². The molecule has 1 saturated heterocycles. The summed E-state index contributed by atoms with van der Waals surface area (Å²) >= 11 is 0. The number of benzene rings is 2. The molecule has 1 aliphatic heterocycles. The molecule has 4 rings (SSSR count). The van der Waals surface area contributed by atoms with Crippen LogP contribution in [-0.4, -0.2) is 31.1 Å². The van der Waals surface area contributed by atoms with Crippen LogP contribution in [0.3, 0.4) is 0 Å². The Morgan fingerprint density at radius 2 is 1.56 bits per heavy atom. The van der Waals surface area contributed by atoms with Gasteiger partial charge in [-0.05, 0) is 62.4 Å². The summed E-state index contributed by atoms with van der Waals surface area (Å²) in [6, 6.07) is 19.6. The first-order chi connectivity index (χ1) is 13.2. The average Bonchev–Trinajstić information content (AvgIpc) is 3.53. The van der Waals surface area contributed by atoms with Crippen LogP contribution < -0.4 is 15.5 Å². The molecule has 2 N–H and O–H groups in total. The largest absolute Gasteiger partial charge is 0.371 e. The van der Waals surface area contributed by atoms with Gasteiger partial charge in [-0.1, -0.05) is 30.3 Å². The van der Waals surface area contributed by atoms with E-state index in [1.165, 1.54) is 31.4 Å². The van der Waals surface area contributed by atoms with Crippen LogP contribution in [0.1, 0.15) is 54.6 Å². The SMILES string of the molecule is CC(NC(=O)c1ccc(N2CCC(NC3CC3)CC2)cc1)c1ccccc1. The number of amides is 1. The smallest absolute Gasteiger partial charge is 0.251 e. The van der Waals surface area contributed by atoms with E-state index in [1.807, 2.05) is 49.4 Å². The van der Waals surface area contributed by atoms with E-state index in [1.54, 1.807) is 0 Å². The zero-order valence-electron chi connectivity index (χ0n) is 16.0. The van der Waals surface area contributed by atoms with Gasteiger partial charge in [0, 0.05) is 36.4 Å². The molecule has 1 saturated carbocycles. The van der Waals surface area contributed by atoms with Crippen molar-refractivity contribution < 1.29 is 4.79 Å². The fourth-order valence-corrected chi connectivity index (χ4v) is 3.82. The van der Waals surface area contributed by atoms with E-state index in [0.29, 0.717) is 11.6 Å². The molecule has 4 nitrogen and oxygen atoms in total. The first-order valence-corrected chi connectivity index (χ1v) is 10.2. The van der Waals surface area contributed by atoms with Gasteiger partial charge in [0.05, 0.1) is 6.04 Å². The third-order valence-corrected chi connectivity index (χ3v) is 5.69. The van der Waals surface area contributed by atoms with Crippen LogP contribution in [0.4, 0.5) is 5.69 Å². The highest BCUT2D eigenvalue weighted by molar-refractivity contribution is 5.94. The minimum atomic E-state index is -0.0229. The Labute approximate surface area is 162 Å². The highest BCUT2D eigenvalue weighted by Gasteiger charge is 2.27. The van der Waals surface area contributed by atoms with Gasteiger partial charge >= 0.3 is 0 Å². The highest BCUT2D eigenvalue weighted by atomic mass is 16.1. The van der Waals surface area contributed by atoms with Crippen molar-refractivity contribution in [2.75, 3.05) is 18.0 Å². The van der Waals surface area contributed by atoms with Crippen molar-refractivity contribution in [3.05, 3.63) is 65.7 Å². The van der Waals surface area contributed by atoms with E-state index in [-0.39, 0.29) is 11.9 Å². The Morgan fingerprint density at radius 3 is 2.19 bits per heavy atom. The molecule has 2 aromatic carbocycles. The number of hydrogen-bond acceptors (Lipinski definition) is 3. The van der Waals surface area contributed by atoms with E-state index in [4.69, 9.17) is 0 Å². The zero-order valence-corrected chi connectivity index (χ0v) is 16.0. The maximum atomic E-state index is 12.5. The van der Waals surface area contributed by atoms with E-state index in [9.17, 15) is 4.79 Å². The number of nitrogens with one attached hydrogen (secondary N) is 2. The van der Waals surface area contributed by atoms with E-state index in [2.05, 4.69) is 27.7 Å². The van der Waals surface area contributed by atoms with Crippen molar-refractivity contribution in [3.63, 3.8) is 0 Å². The fourth-order valence-electron chi connectivity index (χ4n) is 3.82. The van der Waals surface area contributed by atoms with Gasteiger partial charge in [0.25, 0.3) is 5.91 Å². The Bertz CT molecular complexity index is 747. The van der Waals surface area contributed by atoms with Crippen LogP contribution in [0.15, 0.2) is 54.6 Å². The quantitative estimate of drug-likeness (QED) is 0.818. The van der Waals surface area contributed by atoms with Crippen LogP contribution in [0.5, 0.6) is 0 Å². The summed E-state index contributed by atoms with van der Waals surface area (Å²) in [5.74, 6) is -0.0229. The average molecular weight is 364 g/mol. The third-order valence-electron chi connectivity index (χ3n) is 5.69. The molecule has 0 bridgehead atoms. The Morgan fingerprint density at radius 1 is 0.926 bits per heavy atom. The van der Waals surface area contributed by atoms with Crippen molar-refractivity contribution in [2.24, 2.45) is 0 Å². The van der Waals surface area contributed by atoms with Gasteiger partial charge in [0.15, 0.2) is 0 Å². The number of anilines is 1. The Balaban J connectivity index is 1.31. The predicted molar refractivity (Wildman–Crippen MR) is 110 cm³/mol. The molecule has 0 spiro atoms. The second-order valence-corrected chi connectivity index (χ2v) is 7.85.